The van der Waals surface area contributed by atoms with Crippen LogP contribution in [0.4, 0.5) is 0 Å². The van der Waals surface area contributed by atoms with Crippen molar-refractivity contribution < 1.29 is 9.59 Å². The Kier molecular flexibility index (Phi) is 6.86. The monoisotopic (exact) mass is 539 g/mol. The average Bonchev–Trinajstić information content (AvgIpc) is 3.24. The second-order valence-corrected chi connectivity index (χ2v) is 10.7. The third-order valence-corrected chi connectivity index (χ3v) is 8.16. The van der Waals surface area contributed by atoms with Crippen LogP contribution in [0.3, 0.4) is 0 Å². The lowest BCUT2D eigenvalue weighted by Gasteiger charge is -2.29. The number of nitrogens with one attached hydrogen (secondary N) is 3. The molecule has 0 aliphatic rings. The Labute approximate surface area is 190 Å². The molecule has 0 radical (unpaired) electrons. The van der Waals surface area contributed by atoms with Gasteiger partial charge in [-0.05, 0) is 75.4 Å². The Morgan fingerprint density at radius 1 is 1.07 bits per heavy atom. The van der Waals surface area contributed by atoms with E-state index in [1.165, 1.54) is 11.3 Å². The molecule has 29 heavy (non-hydrogen) atoms. The molecule has 3 aromatic rings. The average molecular weight is 541 g/mol. The largest absolute Gasteiger partial charge is 0.351 e. The first-order chi connectivity index (χ1) is 13.7. The third kappa shape index (κ3) is 4.92. The smallest absolute Gasteiger partial charge is 0.268 e. The minimum atomic E-state index is -0.245. The molecule has 2 amide bonds. The fourth-order valence-corrected chi connectivity index (χ4v) is 5.29. The van der Waals surface area contributed by atoms with E-state index < -0.39 is 0 Å². The molecule has 0 spiro atoms. The lowest BCUT2D eigenvalue weighted by molar-refractivity contribution is 0.0871. The van der Waals surface area contributed by atoms with E-state index in [0.29, 0.717) is 10.6 Å². The number of hydrogen-bond donors (Lipinski definition) is 3. The molecule has 2 heterocycles. The fourth-order valence-electron chi connectivity index (χ4n) is 3.35. The standard InChI is InChI=1S/C21H23Br2N3O2S/c1-10(2)18(26-21(28)17-9-14(22)19(23)29-17)12(4)24-20(27)16-8-13-11(3)6-5-7-15(13)25-16/h5-10,12,18,25H,1-4H3,(H,24,27)(H,26,28). The molecule has 8 heteroatoms. The second-order valence-electron chi connectivity index (χ2n) is 7.46. The summed E-state index contributed by atoms with van der Waals surface area (Å²) >= 11 is 8.20. The maximum Gasteiger partial charge on any atom is 0.268 e. The van der Waals surface area contributed by atoms with Gasteiger partial charge in [0.2, 0.25) is 0 Å². The summed E-state index contributed by atoms with van der Waals surface area (Å²) < 4.78 is 1.73. The SMILES string of the molecule is Cc1cccc2[nH]c(C(=O)NC(C)C(NC(=O)c3cc(Br)c(Br)s3)C(C)C)cc12. The van der Waals surface area contributed by atoms with Crippen molar-refractivity contribution in [2.75, 3.05) is 0 Å². The van der Waals surface area contributed by atoms with Crippen LogP contribution in [-0.2, 0) is 0 Å². The first-order valence-corrected chi connectivity index (χ1v) is 11.7. The number of aromatic amines is 1. The highest BCUT2D eigenvalue weighted by atomic mass is 79.9. The number of fused-ring (bicyclic) bond motifs is 1. The molecule has 3 rings (SSSR count). The predicted molar refractivity (Wildman–Crippen MR) is 126 cm³/mol. The van der Waals surface area contributed by atoms with E-state index in [-0.39, 0.29) is 29.8 Å². The van der Waals surface area contributed by atoms with Crippen molar-refractivity contribution in [3.8, 4) is 0 Å². The topological polar surface area (TPSA) is 74.0 Å². The molecule has 154 valence electrons. The quantitative estimate of drug-likeness (QED) is 0.378. The van der Waals surface area contributed by atoms with Crippen molar-refractivity contribution >= 4 is 65.9 Å². The first-order valence-electron chi connectivity index (χ1n) is 9.32. The van der Waals surface area contributed by atoms with E-state index in [4.69, 9.17) is 0 Å². The number of rotatable bonds is 6. The Balaban J connectivity index is 1.72. The number of halogens is 2. The zero-order valence-corrected chi connectivity index (χ0v) is 20.6. The maximum absolute atomic E-state index is 12.8. The van der Waals surface area contributed by atoms with Gasteiger partial charge in [0, 0.05) is 21.4 Å². The van der Waals surface area contributed by atoms with E-state index in [2.05, 4.69) is 47.5 Å². The maximum atomic E-state index is 12.8. The van der Waals surface area contributed by atoms with Crippen LogP contribution >= 0.6 is 43.2 Å². The van der Waals surface area contributed by atoms with Crippen LogP contribution in [0.25, 0.3) is 10.9 Å². The zero-order valence-electron chi connectivity index (χ0n) is 16.6. The predicted octanol–water partition coefficient (Wildman–Crippen LogP) is 5.64. The van der Waals surface area contributed by atoms with Crippen LogP contribution in [0.5, 0.6) is 0 Å². The van der Waals surface area contributed by atoms with Crippen LogP contribution in [-0.4, -0.2) is 28.9 Å². The van der Waals surface area contributed by atoms with E-state index >= 15 is 0 Å². The van der Waals surface area contributed by atoms with E-state index in [1.807, 2.05) is 52.0 Å². The Morgan fingerprint density at radius 3 is 2.38 bits per heavy atom. The normalized spacial score (nSPS) is 13.5. The molecule has 5 nitrogen and oxygen atoms in total. The van der Waals surface area contributed by atoms with Crippen molar-refractivity contribution in [1.29, 1.82) is 0 Å². The number of thiophene rings is 1. The number of hydrogen-bond acceptors (Lipinski definition) is 3. The lowest BCUT2D eigenvalue weighted by Crippen LogP contribution is -2.52. The van der Waals surface area contributed by atoms with Gasteiger partial charge in [-0.25, -0.2) is 0 Å². The van der Waals surface area contributed by atoms with Crippen LogP contribution < -0.4 is 10.6 Å². The minimum absolute atomic E-state index is 0.144. The second kappa shape index (κ2) is 9.02. The van der Waals surface area contributed by atoms with Gasteiger partial charge < -0.3 is 15.6 Å². The molecule has 1 aromatic carbocycles. The molecule has 0 fully saturated rings. The summed E-state index contributed by atoms with van der Waals surface area (Å²) in [5.41, 5.74) is 2.57. The highest BCUT2D eigenvalue weighted by molar-refractivity contribution is 9.13. The third-order valence-electron chi connectivity index (χ3n) is 4.91. The highest BCUT2D eigenvalue weighted by Gasteiger charge is 2.26. The molecule has 0 aliphatic carbocycles. The summed E-state index contributed by atoms with van der Waals surface area (Å²) in [6.45, 7) is 7.99. The highest BCUT2D eigenvalue weighted by Crippen LogP contribution is 2.32. The van der Waals surface area contributed by atoms with Crippen molar-refractivity contribution in [2.24, 2.45) is 5.92 Å². The molecule has 0 aliphatic heterocycles. The summed E-state index contributed by atoms with van der Waals surface area (Å²) in [5.74, 6) is -0.192. The van der Waals surface area contributed by atoms with Gasteiger partial charge in [-0.3, -0.25) is 9.59 Å². The molecule has 2 aromatic heterocycles. The van der Waals surface area contributed by atoms with Crippen LogP contribution in [0.1, 0.15) is 46.5 Å². The van der Waals surface area contributed by atoms with Crippen LogP contribution in [0, 0.1) is 12.8 Å². The number of H-pyrrole nitrogens is 1. The Hall–Kier alpha value is -1.64. The van der Waals surface area contributed by atoms with Gasteiger partial charge in [0.1, 0.15) is 5.69 Å². The fraction of sp³-hybridized carbons (Fsp3) is 0.333. The molecular weight excluding hydrogens is 518 g/mol. The van der Waals surface area contributed by atoms with Gasteiger partial charge in [0.05, 0.1) is 14.7 Å². The number of carbonyl (C=O) groups excluding carboxylic acids is 2. The minimum Gasteiger partial charge on any atom is -0.351 e. The summed E-state index contributed by atoms with van der Waals surface area (Å²) in [5, 5.41) is 7.14. The summed E-state index contributed by atoms with van der Waals surface area (Å²) in [4.78, 5) is 29.3. The van der Waals surface area contributed by atoms with Gasteiger partial charge in [0.25, 0.3) is 11.8 Å². The van der Waals surface area contributed by atoms with E-state index in [1.54, 1.807) is 6.07 Å². The molecule has 2 atom stereocenters. The van der Waals surface area contributed by atoms with Crippen molar-refractivity contribution in [3.63, 3.8) is 0 Å². The first kappa shape index (κ1) is 22.1. The van der Waals surface area contributed by atoms with E-state index in [9.17, 15) is 9.59 Å². The van der Waals surface area contributed by atoms with Gasteiger partial charge in [-0.15, -0.1) is 11.3 Å². The lowest BCUT2D eigenvalue weighted by atomic mass is 9.97. The Bertz CT molecular complexity index is 1040. The Morgan fingerprint density at radius 2 is 1.79 bits per heavy atom. The van der Waals surface area contributed by atoms with Gasteiger partial charge in [-0.2, -0.15) is 0 Å². The molecular formula is C21H23Br2N3O2S. The van der Waals surface area contributed by atoms with Crippen molar-refractivity contribution in [2.45, 2.75) is 39.8 Å². The van der Waals surface area contributed by atoms with Gasteiger partial charge >= 0.3 is 0 Å². The number of aryl methyl sites for hydroxylation is 1. The zero-order chi connectivity index (χ0) is 21.3. The van der Waals surface area contributed by atoms with Crippen molar-refractivity contribution in [1.82, 2.24) is 15.6 Å². The van der Waals surface area contributed by atoms with Crippen LogP contribution in [0.2, 0.25) is 0 Å². The number of carbonyl (C=O) groups is 2. The number of aromatic nitrogens is 1. The molecule has 3 N–H and O–H groups in total. The van der Waals surface area contributed by atoms with Gasteiger partial charge in [-0.1, -0.05) is 26.0 Å². The summed E-state index contributed by atoms with van der Waals surface area (Å²) in [6.07, 6.45) is 0. The van der Waals surface area contributed by atoms with E-state index in [0.717, 1.165) is 24.7 Å². The number of amides is 2. The van der Waals surface area contributed by atoms with Crippen LogP contribution in [0.15, 0.2) is 38.6 Å². The summed E-state index contributed by atoms with van der Waals surface area (Å²) in [7, 11) is 0. The molecule has 2 unspecified atom stereocenters. The van der Waals surface area contributed by atoms with Crippen molar-refractivity contribution in [3.05, 3.63) is 54.7 Å². The van der Waals surface area contributed by atoms with Gasteiger partial charge in [0.15, 0.2) is 0 Å². The molecule has 0 saturated carbocycles. The molecule has 0 bridgehead atoms. The molecule has 0 saturated heterocycles. The summed E-state index contributed by atoms with van der Waals surface area (Å²) in [6, 6.07) is 9.14. The number of benzene rings is 1.